The monoisotopic (exact) mass is 138 g/mol. The minimum absolute atomic E-state index is 0.213. The van der Waals surface area contributed by atoms with E-state index >= 15 is 0 Å². The van der Waals surface area contributed by atoms with Crippen LogP contribution in [0.1, 0.15) is 0 Å². The van der Waals surface area contributed by atoms with Crippen molar-refractivity contribution >= 4 is 7.60 Å². The van der Waals surface area contributed by atoms with Crippen LogP contribution in [0.25, 0.3) is 0 Å². The van der Waals surface area contributed by atoms with Crippen LogP contribution in [0.5, 0.6) is 0 Å². The molecule has 8 heavy (non-hydrogen) atoms. The second-order valence-electron chi connectivity index (χ2n) is 1.37. The van der Waals surface area contributed by atoms with Crippen LogP contribution in [0.3, 0.4) is 0 Å². The lowest BCUT2D eigenvalue weighted by atomic mass is 10.5. The second-order valence-corrected chi connectivity index (χ2v) is 3.07. The average molecular weight is 138 g/mol. The molecule has 0 heterocycles. The number of hydrogen-bond acceptors (Lipinski definition) is 2. The third-order valence-electron chi connectivity index (χ3n) is 0.534. The largest absolute Gasteiger partial charge is 0.330 e. The molecule has 0 atom stereocenters. The van der Waals surface area contributed by atoms with Crippen molar-refractivity contribution in [3.8, 4) is 0 Å². The predicted octanol–water partition coefficient (Wildman–Crippen LogP) is -0.673. The summed E-state index contributed by atoms with van der Waals surface area (Å²) < 4.78 is 10.00. The zero-order valence-corrected chi connectivity index (χ0v) is 5.21. The van der Waals surface area contributed by atoms with E-state index in [0.717, 1.165) is 0 Å². The molecule has 0 spiro atoms. The van der Waals surface area contributed by atoms with Gasteiger partial charge in [0, 0.05) is 0 Å². The SMILES string of the molecule is NC[CH]CP(=O)(O)O. The van der Waals surface area contributed by atoms with Crippen molar-refractivity contribution < 1.29 is 14.4 Å². The summed E-state index contributed by atoms with van der Waals surface area (Å²) in [6.45, 7) is 0.213. The van der Waals surface area contributed by atoms with Gasteiger partial charge in [-0.25, -0.2) is 0 Å². The highest BCUT2D eigenvalue weighted by Crippen LogP contribution is 2.33. The number of rotatable bonds is 3. The summed E-state index contributed by atoms with van der Waals surface area (Å²) in [4.78, 5) is 16.3. The van der Waals surface area contributed by atoms with Crippen LogP contribution < -0.4 is 5.73 Å². The first-order chi connectivity index (χ1) is 3.56. The van der Waals surface area contributed by atoms with E-state index in [-0.39, 0.29) is 12.7 Å². The molecular weight excluding hydrogens is 129 g/mol. The molecule has 0 saturated heterocycles. The minimum Gasteiger partial charge on any atom is -0.330 e. The normalized spacial score (nSPS) is 11.9. The van der Waals surface area contributed by atoms with E-state index in [2.05, 4.69) is 0 Å². The molecule has 0 saturated carbocycles. The molecule has 0 amide bonds. The molecule has 0 aromatic carbocycles. The summed E-state index contributed by atoms with van der Waals surface area (Å²) in [6.07, 6.45) is 1.13. The lowest BCUT2D eigenvalue weighted by Crippen LogP contribution is -2.02. The van der Waals surface area contributed by atoms with Gasteiger partial charge in [-0.15, -0.1) is 0 Å². The minimum atomic E-state index is -3.82. The van der Waals surface area contributed by atoms with Gasteiger partial charge in [0.1, 0.15) is 0 Å². The topological polar surface area (TPSA) is 83.6 Å². The van der Waals surface area contributed by atoms with Gasteiger partial charge in [-0.05, 0) is 13.0 Å². The second kappa shape index (κ2) is 3.20. The molecule has 0 aliphatic rings. The molecule has 5 heteroatoms. The maximum absolute atomic E-state index is 10.00. The van der Waals surface area contributed by atoms with Crippen molar-refractivity contribution in [1.29, 1.82) is 0 Å². The van der Waals surface area contributed by atoms with Crippen LogP contribution in [-0.2, 0) is 4.57 Å². The van der Waals surface area contributed by atoms with Crippen molar-refractivity contribution in [3.63, 3.8) is 0 Å². The lowest BCUT2D eigenvalue weighted by Gasteiger charge is -1.98. The van der Waals surface area contributed by atoms with Gasteiger partial charge in [0.05, 0.1) is 6.16 Å². The molecule has 4 N–H and O–H groups in total. The van der Waals surface area contributed by atoms with Crippen molar-refractivity contribution in [2.75, 3.05) is 12.7 Å². The Balaban J connectivity index is 3.26. The highest BCUT2D eigenvalue weighted by atomic mass is 31.2. The molecule has 0 unspecified atom stereocenters. The standard InChI is InChI=1S/C3H9NO3P/c4-2-1-3-8(5,6)7/h1H,2-4H2,(H2,5,6,7). The fraction of sp³-hybridized carbons (Fsp3) is 0.667. The third kappa shape index (κ3) is 6.11. The first-order valence-electron chi connectivity index (χ1n) is 2.12. The Kier molecular flexibility index (Phi) is 3.24. The van der Waals surface area contributed by atoms with Crippen LogP contribution >= 0.6 is 7.60 Å². The molecule has 4 nitrogen and oxygen atoms in total. The van der Waals surface area contributed by atoms with Crippen LogP contribution in [0, 0.1) is 6.42 Å². The summed E-state index contributed by atoms with van der Waals surface area (Å²) in [6, 6.07) is 0. The summed E-state index contributed by atoms with van der Waals surface area (Å²) in [5.74, 6) is 0. The Morgan fingerprint density at radius 3 is 2.25 bits per heavy atom. The first-order valence-corrected chi connectivity index (χ1v) is 3.92. The van der Waals surface area contributed by atoms with Crippen molar-refractivity contribution in [1.82, 2.24) is 0 Å². The fourth-order valence-electron chi connectivity index (χ4n) is 0.243. The Bertz CT molecular complexity index is 98.7. The lowest BCUT2D eigenvalue weighted by molar-refractivity contribution is 0.375. The Hall–Kier alpha value is 0.110. The van der Waals surface area contributed by atoms with Crippen LogP contribution in [-0.4, -0.2) is 22.5 Å². The molecule has 0 aromatic rings. The van der Waals surface area contributed by atoms with Crippen LogP contribution in [0.15, 0.2) is 0 Å². The van der Waals surface area contributed by atoms with Crippen molar-refractivity contribution in [3.05, 3.63) is 6.42 Å². The summed E-state index contributed by atoms with van der Waals surface area (Å²) in [7, 11) is -3.82. The van der Waals surface area contributed by atoms with E-state index in [4.69, 9.17) is 15.5 Å². The smallest absolute Gasteiger partial charge is 0.325 e. The third-order valence-corrected chi connectivity index (χ3v) is 1.27. The van der Waals surface area contributed by atoms with Crippen molar-refractivity contribution in [2.45, 2.75) is 0 Å². The van der Waals surface area contributed by atoms with Gasteiger partial charge in [-0.2, -0.15) is 0 Å². The van der Waals surface area contributed by atoms with Gasteiger partial charge in [0.25, 0.3) is 0 Å². The first kappa shape index (κ1) is 8.11. The van der Waals surface area contributed by atoms with E-state index in [1.807, 2.05) is 0 Å². The highest BCUT2D eigenvalue weighted by Gasteiger charge is 2.10. The average Bonchev–Trinajstić information content (AvgIpc) is 1.59. The van der Waals surface area contributed by atoms with Gasteiger partial charge >= 0.3 is 7.60 Å². The van der Waals surface area contributed by atoms with Gasteiger partial charge in [0.2, 0.25) is 0 Å². The van der Waals surface area contributed by atoms with E-state index < -0.39 is 7.60 Å². The molecule has 0 bridgehead atoms. The maximum Gasteiger partial charge on any atom is 0.325 e. The Morgan fingerprint density at radius 1 is 1.62 bits per heavy atom. The predicted molar refractivity (Wildman–Crippen MR) is 30.3 cm³/mol. The zero-order valence-electron chi connectivity index (χ0n) is 4.32. The molecule has 1 radical (unpaired) electrons. The van der Waals surface area contributed by atoms with Gasteiger partial charge in [-0.3, -0.25) is 4.57 Å². The van der Waals surface area contributed by atoms with E-state index in [1.54, 1.807) is 0 Å². The molecule has 0 aliphatic heterocycles. The Labute approximate surface area is 47.9 Å². The number of hydrogen-bond donors (Lipinski definition) is 3. The number of nitrogens with two attached hydrogens (primary N) is 1. The van der Waals surface area contributed by atoms with Gasteiger partial charge in [-0.1, -0.05) is 0 Å². The molecule has 49 valence electrons. The molecule has 0 aromatic heterocycles. The molecule has 0 rings (SSSR count). The van der Waals surface area contributed by atoms with Crippen LogP contribution in [0.4, 0.5) is 0 Å². The van der Waals surface area contributed by atoms with E-state index in [9.17, 15) is 4.57 Å². The quantitative estimate of drug-likeness (QED) is 0.451. The van der Waals surface area contributed by atoms with Crippen molar-refractivity contribution in [2.24, 2.45) is 5.73 Å². The van der Waals surface area contributed by atoms with E-state index in [1.165, 1.54) is 6.42 Å². The zero-order chi connectivity index (χ0) is 6.62. The van der Waals surface area contributed by atoms with E-state index in [0.29, 0.717) is 0 Å². The molecular formula is C3H9NO3P. The van der Waals surface area contributed by atoms with Gasteiger partial charge in [0.15, 0.2) is 0 Å². The Morgan fingerprint density at radius 2 is 2.12 bits per heavy atom. The summed E-state index contributed by atoms with van der Waals surface area (Å²) >= 11 is 0. The summed E-state index contributed by atoms with van der Waals surface area (Å²) in [5, 5.41) is 0. The van der Waals surface area contributed by atoms with Crippen LogP contribution in [0.2, 0.25) is 0 Å². The maximum atomic E-state index is 10.00. The van der Waals surface area contributed by atoms with Gasteiger partial charge < -0.3 is 15.5 Å². The summed E-state index contributed by atoms with van der Waals surface area (Å²) in [5.41, 5.74) is 4.94. The highest BCUT2D eigenvalue weighted by molar-refractivity contribution is 7.51. The fourth-order valence-corrected chi connectivity index (χ4v) is 0.728. The molecule has 0 fully saturated rings. The molecule has 0 aliphatic carbocycles.